The third kappa shape index (κ3) is 6.93. The third-order valence-electron chi connectivity index (χ3n) is 5.33. The van der Waals surface area contributed by atoms with E-state index in [9.17, 15) is 0 Å². The Hall–Kier alpha value is -1.05. The van der Waals surface area contributed by atoms with Gasteiger partial charge in [0.25, 0.3) is 0 Å². The largest absolute Gasteiger partial charge is 0.492 e. The predicted octanol–water partition coefficient (Wildman–Crippen LogP) is 6.19. The Morgan fingerprint density at radius 1 is 0.957 bits per heavy atom. The number of ether oxygens (including phenoxy) is 1. The molecule has 23 heavy (non-hydrogen) atoms. The summed E-state index contributed by atoms with van der Waals surface area (Å²) in [6.07, 6.45) is 16.9. The van der Waals surface area contributed by atoms with Crippen LogP contribution in [0.4, 0.5) is 0 Å². The second-order valence-electron chi connectivity index (χ2n) is 7.24. The van der Waals surface area contributed by atoms with Gasteiger partial charge in [-0.2, -0.15) is 0 Å². The van der Waals surface area contributed by atoms with Crippen LogP contribution in [-0.4, -0.2) is 11.6 Å². The quantitative estimate of drug-likeness (QED) is 0.480. The summed E-state index contributed by atoms with van der Waals surface area (Å²) in [5.41, 5.74) is 1.14. The summed E-state index contributed by atoms with van der Waals surface area (Å²) in [7, 11) is 0. The van der Waals surface area contributed by atoms with Gasteiger partial charge in [0.15, 0.2) is 0 Å². The normalized spacial score (nSPS) is 21.3. The fourth-order valence-corrected chi connectivity index (χ4v) is 3.64. The Balaban J connectivity index is 1.57. The molecule has 0 amide bonds. The predicted molar refractivity (Wildman–Crippen MR) is 97.9 cm³/mol. The van der Waals surface area contributed by atoms with Crippen LogP contribution in [0.3, 0.4) is 0 Å². The van der Waals surface area contributed by atoms with Crippen molar-refractivity contribution in [3.63, 3.8) is 0 Å². The lowest BCUT2D eigenvalue weighted by molar-refractivity contribution is 0.177. The van der Waals surface area contributed by atoms with Crippen molar-refractivity contribution in [2.24, 2.45) is 11.8 Å². The topological polar surface area (TPSA) is 22.1 Å². The molecule has 1 aromatic heterocycles. The molecule has 2 heteroatoms. The Labute approximate surface area is 143 Å². The number of aromatic nitrogens is 1. The molecule has 0 N–H and O–H groups in total. The highest BCUT2D eigenvalue weighted by atomic mass is 16.5. The molecular formula is C21H35NO. The molecule has 0 radical (unpaired) electrons. The van der Waals surface area contributed by atoms with Crippen molar-refractivity contribution in [1.29, 1.82) is 0 Å². The maximum atomic E-state index is 5.94. The van der Waals surface area contributed by atoms with Crippen molar-refractivity contribution >= 4 is 0 Å². The third-order valence-corrected chi connectivity index (χ3v) is 5.33. The van der Waals surface area contributed by atoms with Crippen LogP contribution in [0.5, 0.6) is 5.75 Å². The Kier molecular flexibility index (Phi) is 8.49. The van der Waals surface area contributed by atoms with E-state index in [1.807, 2.05) is 6.20 Å². The fourth-order valence-electron chi connectivity index (χ4n) is 3.64. The molecule has 0 spiro atoms. The zero-order chi connectivity index (χ0) is 16.3. The lowest BCUT2D eigenvalue weighted by Gasteiger charge is -2.28. The molecule has 1 saturated carbocycles. The molecule has 0 saturated heterocycles. The highest BCUT2D eigenvalue weighted by molar-refractivity contribution is 5.19. The number of rotatable bonds is 10. The number of hydrogen-bond donors (Lipinski definition) is 0. The summed E-state index contributed by atoms with van der Waals surface area (Å²) in [6, 6.07) is 4.14. The van der Waals surface area contributed by atoms with Gasteiger partial charge in [-0.3, -0.25) is 4.98 Å². The van der Waals surface area contributed by atoms with Crippen LogP contribution < -0.4 is 4.74 Å². The molecule has 2 nitrogen and oxygen atoms in total. The molecule has 0 unspecified atom stereocenters. The Morgan fingerprint density at radius 2 is 1.70 bits per heavy atom. The first-order valence-corrected chi connectivity index (χ1v) is 9.89. The molecule has 1 fully saturated rings. The first kappa shape index (κ1) is 18.3. The van der Waals surface area contributed by atoms with Crippen molar-refractivity contribution in [3.8, 4) is 5.75 Å². The van der Waals surface area contributed by atoms with Crippen LogP contribution in [0.2, 0.25) is 0 Å². The first-order valence-electron chi connectivity index (χ1n) is 9.89. The summed E-state index contributed by atoms with van der Waals surface area (Å²) in [5.74, 6) is 2.66. The van der Waals surface area contributed by atoms with Gasteiger partial charge in [0.05, 0.1) is 12.8 Å². The summed E-state index contributed by atoms with van der Waals surface area (Å²) in [4.78, 5) is 4.40. The van der Waals surface area contributed by atoms with Crippen LogP contribution in [0.15, 0.2) is 18.3 Å². The second kappa shape index (κ2) is 10.7. The minimum absolute atomic E-state index is 0.747. The van der Waals surface area contributed by atoms with Crippen molar-refractivity contribution in [1.82, 2.24) is 4.98 Å². The number of pyridine rings is 1. The molecule has 130 valence electrons. The van der Waals surface area contributed by atoms with Crippen molar-refractivity contribution in [2.75, 3.05) is 6.61 Å². The summed E-state index contributed by atoms with van der Waals surface area (Å²) in [6.45, 7) is 5.29. The maximum Gasteiger partial charge on any atom is 0.137 e. The lowest BCUT2D eigenvalue weighted by atomic mass is 9.80. The van der Waals surface area contributed by atoms with Gasteiger partial charge in [-0.25, -0.2) is 0 Å². The molecule has 0 bridgehead atoms. The standard InChI is InChI=1S/C21H35NO/c1-3-5-6-7-8-9-18-10-12-19(13-11-18)17-23-21-15-14-20(4-2)22-16-21/h14-16,18-19H,3-13,17H2,1-2H3. The van der Waals surface area contributed by atoms with E-state index < -0.39 is 0 Å². The van der Waals surface area contributed by atoms with Crippen LogP contribution in [0, 0.1) is 11.8 Å². The van der Waals surface area contributed by atoms with Gasteiger partial charge in [-0.1, -0.05) is 65.2 Å². The molecule has 1 aliphatic carbocycles. The highest BCUT2D eigenvalue weighted by Crippen LogP contribution is 2.32. The minimum atomic E-state index is 0.747. The van der Waals surface area contributed by atoms with Gasteiger partial charge in [0.1, 0.15) is 5.75 Å². The average molecular weight is 318 g/mol. The van der Waals surface area contributed by atoms with Crippen molar-refractivity contribution in [2.45, 2.75) is 84.5 Å². The van der Waals surface area contributed by atoms with E-state index in [2.05, 4.69) is 31.0 Å². The molecular weight excluding hydrogens is 282 g/mol. The van der Waals surface area contributed by atoms with Crippen LogP contribution in [-0.2, 0) is 6.42 Å². The molecule has 0 aromatic carbocycles. The number of unbranched alkanes of at least 4 members (excludes halogenated alkanes) is 4. The molecule has 1 heterocycles. The SMILES string of the molecule is CCCCCCCC1CCC(COc2ccc(CC)nc2)CC1. The van der Waals surface area contributed by atoms with Crippen LogP contribution in [0.1, 0.15) is 83.7 Å². The molecule has 2 rings (SSSR count). The van der Waals surface area contributed by atoms with E-state index in [4.69, 9.17) is 4.74 Å². The molecule has 1 aromatic rings. The maximum absolute atomic E-state index is 5.94. The number of aryl methyl sites for hydroxylation is 1. The monoisotopic (exact) mass is 317 g/mol. The van der Waals surface area contributed by atoms with Crippen LogP contribution in [0.25, 0.3) is 0 Å². The van der Waals surface area contributed by atoms with Gasteiger partial charge in [-0.15, -0.1) is 0 Å². The lowest BCUT2D eigenvalue weighted by Crippen LogP contribution is -2.20. The zero-order valence-electron chi connectivity index (χ0n) is 15.2. The van der Waals surface area contributed by atoms with Crippen molar-refractivity contribution in [3.05, 3.63) is 24.0 Å². The number of hydrogen-bond acceptors (Lipinski definition) is 2. The minimum Gasteiger partial charge on any atom is -0.492 e. The van der Waals surface area contributed by atoms with Gasteiger partial charge >= 0.3 is 0 Å². The summed E-state index contributed by atoms with van der Waals surface area (Å²) < 4.78 is 5.94. The van der Waals surface area contributed by atoms with E-state index in [0.29, 0.717) is 0 Å². The summed E-state index contributed by atoms with van der Waals surface area (Å²) >= 11 is 0. The average Bonchev–Trinajstić information content (AvgIpc) is 2.61. The fraction of sp³-hybridized carbons (Fsp3) is 0.762. The van der Waals surface area contributed by atoms with E-state index >= 15 is 0 Å². The van der Waals surface area contributed by atoms with Gasteiger partial charge in [0, 0.05) is 5.69 Å². The van der Waals surface area contributed by atoms with E-state index in [1.165, 1.54) is 64.2 Å². The van der Waals surface area contributed by atoms with E-state index in [0.717, 1.165) is 36.3 Å². The Bertz CT molecular complexity index is 406. The van der Waals surface area contributed by atoms with E-state index in [-0.39, 0.29) is 0 Å². The second-order valence-corrected chi connectivity index (χ2v) is 7.24. The first-order chi connectivity index (χ1) is 11.3. The van der Waals surface area contributed by atoms with Crippen LogP contribution >= 0.6 is 0 Å². The highest BCUT2D eigenvalue weighted by Gasteiger charge is 2.21. The van der Waals surface area contributed by atoms with Gasteiger partial charge < -0.3 is 4.74 Å². The molecule has 0 atom stereocenters. The van der Waals surface area contributed by atoms with Crippen molar-refractivity contribution < 1.29 is 4.74 Å². The zero-order valence-corrected chi connectivity index (χ0v) is 15.2. The Morgan fingerprint density at radius 3 is 2.35 bits per heavy atom. The van der Waals surface area contributed by atoms with E-state index in [1.54, 1.807) is 0 Å². The molecule has 0 aliphatic heterocycles. The van der Waals surface area contributed by atoms with Gasteiger partial charge in [0.2, 0.25) is 0 Å². The smallest absolute Gasteiger partial charge is 0.137 e. The number of nitrogens with zero attached hydrogens (tertiary/aromatic N) is 1. The van der Waals surface area contributed by atoms with Gasteiger partial charge in [-0.05, 0) is 43.2 Å². The summed E-state index contributed by atoms with van der Waals surface area (Å²) in [5, 5.41) is 0. The molecule has 1 aliphatic rings.